The average molecular weight is 227 g/mol. The molecule has 1 aliphatic carbocycles. The molecule has 0 bridgehead atoms. The van der Waals surface area contributed by atoms with Crippen molar-refractivity contribution < 1.29 is 9.53 Å². The summed E-state index contributed by atoms with van der Waals surface area (Å²) >= 11 is 0. The number of likely N-dealkylation sites (N-methyl/N-ethyl adjacent to an activating group) is 1. The van der Waals surface area contributed by atoms with Crippen LogP contribution in [0.1, 0.15) is 52.4 Å². The summed E-state index contributed by atoms with van der Waals surface area (Å²) in [5, 5.41) is 0. The summed E-state index contributed by atoms with van der Waals surface area (Å²) in [4.78, 5) is 13.7. The first-order valence-electron chi connectivity index (χ1n) is 6.49. The summed E-state index contributed by atoms with van der Waals surface area (Å²) in [7, 11) is 2.04. The van der Waals surface area contributed by atoms with Crippen molar-refractivity contribution in [3.8, 4) is 0 Å². The molecule has 0 N–H and O–H groups in total. The zero-order chi connectivity index (χ0) is 12.0. The average Bonchev–Trinajstić information content (AvgIpc) is 2.43. The molecule has 0 saturated heterocycles. The molecule has 0 spiro atoms. The molecule has 0 radical (unpaired) electrons. The SMILES string of the molecule is CC(C)OC(=O)CN(C)C1CCCCCC1. The van der Waals surface area contributed by atoms with Crippen LogP contribution >= 0.6 is 0 Å². The van der Waals surface area contributed by atoms with Crippen molar-refractivity contribution in [1.82, 2.24) is 4.90 Å². The Balaban J connectivity index is 2.32. The van der Waals surface area contributed by atoms with Gasteiger partial charge in [-0.3, -0.25) is 9.69 Å². The van der Waals surface area contributed by atoms with Crippen LogP contribution in [0.3, 0.4) is 0 Å². The zero-order valence-corrected chi connectivity index (χ0v) is 10.9. The van der Waals surface area contributed by atoms with E-state index in [0.29, 0.717) is 12.6 Å². The highest BCUT2D eigenvalue weighted by Gasteiger charge is 2.19. The van der Waals surface area contributed by atoms with E-state index in [1.54, 1.807) is 0 Å². The van der Waals surface area contributed by atoms with Crippen LogP contribution in [0.15, 0.2) is 0 Å². The predicted molar refractivity (Wildman–Crippen MR) is 65.3 cm³/mol. The maximum absolute atomic E-state index is 11.5. The van der Waals surface area contributed by atoms with Crippen molar-refractivity contribution >= 4 is 5.97 Å². The lowest BCUT2D eigenvalue weighted by molar-refractivity contribution is -0.148. The minimum atomic E-state index is -0.0956. The van der Waals surface area contributed by atoms with E-state index >= 15 is 0 Å². The molecule has 0 amide bonds. The van der Waals surface area contributed by atoms with E-state index in [9.17, 15) is 4.79 Å². The van der Waals surface area contributed by atoms with E-state index in [4.69, 9.17) is 4.74 Å². The standard InChI is InChI=1S/C13H25NO2/c1-11(2)16-13(15)10-14(3)12-8-6-4-5-7-9-12/h11-12H,4-10H2,1-3H3. The smallest absolute Gasteiger partial charge is 0.320 e. The number of carbonyl (C=O) groups is 1. The first-order valence-corrected chi connectivity index (χ1v) is 6.49. The second-order valence-electron chi connectivity index (χ2n) is 5.10. The van der Waals surface area contributed by atoms with Gasteiger partial charge in [-0.25, -0.2) is 0 Å². The van der Waals surface area contributed by atoms with Crippen LogP contribution in [-0.4, -0.2) is 36.6 Å². The second-order valence-corrected chi connectivity index (χ2v) is 5.10. The number of rotatable bonds is 4. The van der Waals surface area contributed by atoms with Crippen LogP contribution in [0.25, 0.3) is 0 Å². The normalized spacial score (nSPS) is 18.8. The molecule has 1 rings (SSSR count). The Labute approximate surface area is 99.1 Å². The van der Waals surface area contributed by atoms with Gasteiger partial charge in [0.1, 0.15) is 0 Å². The molecule has 1 aliphatic rings. The van der Waals surface area contributed by atoms with Crippen molar-refractivity contribution in [2.75, 3.05) is 13.6 Å². The number of hydrogen-bond donors (Lipinski definition) is 0. The lowest BCUT2D eigenvalue weighted by atomic mass is 10.1. The minimum Gasteiger partial charge on any atom is -0.462 e. The molecule has 1 fully saturated rings. The molecule has 0 heterocycles. The Kier molecular flexibility index (Phi) is 5.81. The molecule has 0 aromatic rings. The first-order chi connectivity index (χ1) is 7.59. The van der Waals surface area contributed by atoms with Crippen LogP contribution in [0, 0.1) is 0 Å². The summed E-state index contributed by atoms with van der Waals surface area (Å²) in [5.74, 6) is -0.0956. The molecule has 0 atom stereocenters. The van der Waals surface area contributed by atoms with Crippen molar-refractivity contribution in [2.45, 2.75) is 64.5 Å². The van der Waals surface area contributed by atoms with E-state index in [0.717, 1.165) is 0 Å². The van der Waals surface area contributed by atoms with Crippen molar-refractivity contribution in [1.29, 1.82) is 0 Å². The lowest BCUT2D eigenvalue weighted by Gasteiger charge is -2.26. The van der Waals surface area contributed by atoms with Crippen LogP contribution < -0.4 is 0 Å². The van der Waals surface area contributed by atoms with Gasteiger partial charge >= 0.3 is 5.97 Å². The van der Waals surface area contributed by atoms with Gasteiger partial charge in [0.2, 0.25) is 0 Å². The van der Waals surface area contributed by atoms with E-state index in [1.165, 1.54) is 38.5 Å². The number of hydrogen-bond acceptors (Lipinski definition) is 3. The Morgan fingerprint density at radius 3 is 2.31 bits per heavy atom. The lowest BCUT2D eigenvalue weighted by Crippen LogP contribution is -2.36. The molecule has 0 unspecified atom stereocenters. The Morgan fingerprint density at radius 1 is 1.25 bits per heavy atom. The quantitative estimate of drug-likeness (QED) is 0.546. The molecular formula is C13H25NO2. The van der Waals surface area contributed by atoms with Crippen molar-refractivity contribution in [3.05, 3.63) is 0 Å². The molecule has 0 aromatic carbocycles. The summed E-state index contributed by atoms with van der Waals surface area (Å²) in [6.07, 6.45) is 7.75. The zero-order valence-electron chi connectivity index (χ0n) is 10.9. The number of ether oxygens (including phenoxy) is 1. The van der Waals surface area contributed by atoms with Gasteiger partial charge in [0, 0.05) is 6.04 Å². The summed E-state index contributed by atoms with van der Waals surface area (Å²) in [5.41, 5.74) is 0. The monoisotopic (exact) mass is 227 g/mol. The number of nitrogens with zero attached hydrogens (tertiary/aromatic N) is 1. The summed E-state index contributed by atoms with van der Waals surface area (Å²) < 4.78 is 5.16. The van der Waals surface area contributed by atoms with Crippen molar-refractivity contribution in [2.24, 2.45) is 0 Å². The Bertz CT molecular complexity index is 208. The molecule has 94 valence electrons. The Morgan fingerprint density at radius 2 is 1.81 bits per heavy atom. The molecule has 0 aliphatic heterocycles. The molecular weight excluding hydrogens is 202 g/mol. The highest BCUT2D eigenvalue weighted by Crippen LogP contribution is 2.20. The first kappa shape index (κ1) is 13.5. The van der Waals surface area contributed by atoms with Crippen LogP contribution in [0.5, 0.6) is 0 Å². The van der Waals surface area contributed by atoms with E-state index in [1.807, 2.05) is 20.9 Å². The van der Waals surface area contributed by atoms with Gasteiger partial charge in [-0.15, -0.1) is 0 Å². The number of carbonyl (C=O) groups excluding carboxylic acids is 1. The molecule has 3 nitrogen and oxygen atoms in total. The van der Waals surface area contributed by atoms with Gasteiger partial charge in [0.05, 0.1) is 12.6 Å². The van der Waals surface area contributed by atoms with Gasteiger partial charge in [-0.1, -0.05) is 25.7 Å². The largest absolute Gasteiger partial charge is 0.462 e. The molecule has 0 aromatic heterocycles. The maximum Gasteiger partial charge on any atom is 0.320 e. The van der Waals surface area contributed by atoms with E-state index in [2.05, 4.69) is 4.90 Å². The molecule has 16 heavy (non-hydrogen) atoms. The fraction of sp³-hybridized carbons (Fsp3) is 0.923. The topological polar surface area (TPSA) is 29.5 Å². The van der Waals surface area contributed by atoms with E-state index < -0.39 is 0 Å². The van der Waals surface area contributed by atoms with Crippen molar-refractivity contribution in [3.63, 3.8) is 0 Å². The fourth-order valence-electron chi connectivity index (χ4n) is 2.33. The van der Waals surface area contributed by atoms with Gasteiger partial charge in [0.25, 0.3) is 0 Å². The van der Waals surface area contributed by atoms with E-state index in [-0.39, 0.29) is 12.1 Å². The highest BCUT2D eigenvalue weighted by atomic mass is 16.5. The van der Waals surface area contributed by atoms with Crippen LogP contribution in [-0.2, 0) is 9.53 Å². The van der Waals surface area contributed by atoms with Gasteiger partial charge < -0.3 is 4.74 Å². The minimum absolute atomic E-state index is 0.00460. The number of esters is 1. The summed E-state index contributed by atoms with van der Waals surface area (Å²) in [6.45, 7) is 4.22. The fourth-order valence-corrected chi connectivity index (χ4v) is 2.33. The third-order valence-electron chi connectivity index (χ3n) is 3.19. The highest BCUT2D eigenvalue weighted by molar-refractivity contribution is 5.71. The van der Waals surface area contributed by atoms with Gasteiger partial charge in [0.15, 0.2) is 0 Å². The second kappa shape index (κ2) is 6.89. The third kappa shape index (κ3) is 4.97. The molecule has 3 heteroatoms. The Hall–Kier alpha value is -0.570. The van der Waals surface area contributed by atoms with Crippen LogP contribution in [0.4, 0.5) is 0 Å². The summed E-state index contributed by atoms with van der Waals surface area (Å²) in [6, 6.07) is 0.571. The van der Waals surface area contributed by atoms with Crippen LogP contribution in [0.2, 0.25) is 0 Å². The third-order valence-corrected chi connectivity index (χ3v) is 3.19. The molecule has 1 saturated carbocycles. The van der Waals surface area contributed by atoms with Gasteiger partial charge in [-0.05, 0) is 33.7 Å². The van der Waals surface area contributed by atoms with Gasteiger partial charge in [-0.2, -0.15) is 0 Å². The predicted octanol–water partition coefficient (Wildman–Crippen LogP) is 2.59. The maximum atomic E-state index is 11.5.